The Hall–Kier alpha value is -0.380. The largest absolute Gasteiger partial charge is 0.396 e. The van der Waals surface area contributed by atoms with E-state index in [1.165, 1.54) is 5.56 Å². The normalized spacial score (nSPS) is 12.8. The number of benzene rings is 1. The molecule has 0 spiro atoms. The molecule has 0 amide bonds. The van der Waals surface area contributed by atoms with E-state index in [-0.39, 0.29) is 6.61 Å². The van der Waals surface area contributed by atoms with Crippen LogP contribution in [0.3, 0.4) is 0 Å². The highest BCUT2D eigenvalue weighted by Gasteiger charge is 2.00. The van der Waals surface area contributed by atoms with Crippen molar-refractivity contribution in [2.24, 2.45) is 5.92 Å². The first-order valence-corrected chi connectivity index (χ1v) is 5.58. The van der Waals surface area contributed by atoms with Crippen molar-refractivity contribution < 1.29 is 5.11 Å². The lowest BCUT2D eigenvalue weighted by atomic mass is 10.2. The second-order valence-corrected chi connectivity index (χ2v) is 4.36. The van der Waals surface area contributed by atoms with E-state index in [2.05, 4.69) is 27.3 Å². The molecule has 0 aliphatic rings. The minimum Gasteiger partial charge on any atom is -0.396 e. The molecule has 14 heavy (non-hydrogen) atoms. The molecule has 2 nitrogen and oxygen atoms in total. The summed E-state index contributed by atoms with van der Waals surface area (Å²) in [6.45, 7) is 3.94. The summed E-state index contributed by atoms with van der Waals surface area (Å²) in [5, 5.41) is 12.1. The van der Waals surface area contributed by atoms with Gasteiger partial charge in [0.2, 0.25) is 0 Å². The van der Waals surface area contributed by atoms with E-state index in [0.29, 0.717) is 5.92 Å². The Labute approximate surface area is 93.5 Å². The molecule has 1 aromatic rings. The van der Waals surface area contributed by atoms with Crippen molar-refractivity contribution in [1.82, 2.24) is 5.32 Å². The third kappa shape index (κ3) is 3.78. The highest BCUT2D eigenvalue weighted by molar-refractivity contribution is 9.10. The van der Waals surface area contributed by atoms with E-state index in [9.17, 15) is 0 Å². The Bertz CT molecular complexity index is 278. The van der Waals surface area contributed by atoms with Gasteiger partial charge >= 0.3 is 0 Å². The first kappa shape index (κ1) is 11.7. The first-order chi connectivity index (χ1) is 6.74. The van der Waals surface area contributed by atoms with Gasteiger partial charge in [-0.05, 0) is 17.5 Å². The van der Waals surface area contributed by atoms with Crippen LogP contribution < -0.4 is 5.32 Å². The Kier molecular flexibility index (Phi) is 5.15. The standard InChI is InChI=1S/C11H16BrNO/c1-9(8-14)6-13-7-10-4-2-3-5-11(10)12/h2-5,9,13-14H,6-8H2,1H3. The number of hydrogen-bond acceptors (Lipinski definition) is 2. The van der Waals surface area contributed by atoms with Crippen LogP contribution in [0.1, 0.15) is 12.5 Å². The first-order valence-electron chi connectivity index (χ1n) is 4.79. The van der Waals surface area contributed by atoms with Crippen molar-refractivity contribution in [2.45, 2.75) is 13.5 Å². The summed E-state index contributed by atoms with van der Waals surface area (Å²) in [4.78, 5) is 0. The van der Waals surface area contributed by atoms with Crippen LogP contribution in [-0.4, -0.2) is 18.3 Å². The smallest absolute Gasteiger partial charge is 0.0468 e. The maximum atomic E-state index is 8.84. The SMILES string of the molecule is CC(CO)CNCc1ccccc1Br. The predicted molar refractivity (Wildman–Crippen MR) is 62.1 cm³/mol. The Morgan fingerprint density at radius 3 is 2.79 bits per heavy atom. The van der Waals surface area contributed by atoms with E-state index in [4.69, 9.17) is 5.11 Å². The molecule has 0 saturated heterocycles. The van der Waals surface area contributed by atoms with Gasteiger partial charge in [-0.1, -0.05) is 41.1 Å². The summed E-state index contributed by atoms with van der Waals surface area (Å²) in [5.41, 5.74) is 1.25. The van der Waals surface area contributed by atoms with Gasteiger partial charge in [0.15, 0.2) is 0 Å². The van der Waals surface area contributed by atoms with Crippen molar-refractivity contribution in [3.63, 3.8) is 0 Å². The Balaban J connectivity index is 2.35. The van der Waals surface area contributed by atoms with Gasteiger partial charge in [-0.25, -0.2) is 0 Å². The second-order valence-electron chi connectivity index (χ2n) is 3.51. The van der Waals surface area contributed by atoms with Gasteiger partial charge in [0.05, 0.1) is 0 Å². The molecular formula is C11H16BrNO. The van der Waals surface area contributed by atoms with Crippen molar-refractivity contribution in [1.29, 1.82) is 0 Å². The van der Waals surface area contributed by atoms with E-state index in [0.717, 1.165) is 17.6 Å². The predicted octanol–water partition coefficient (Wildman–Crippen LogP) is 2.17. The van der Waals surface area contributed by atoms with Crippen LogP contribution in [0.2, 0.25) is 0 Å². The molecular weight excluding hydrogens is 242 g/mol. The lowest BCUT2D eigenvalue weighted by Gasteiger charge is -2.10. The summed E-state index contributed by atoms with van der Waals surface area (Å²) in [7, 11) is 0. The van der Waals surface area contributed by atoms with Gasteiger partial charge < -0.3 is 10.4 Å². The Morgan fingerprint density at radius 2 is 2.14 bits per heavy atom. The van der Waals surface area contributed by atoms with Crippen LogP contribution in [0.4, 0.5) is 0 Å². The fourth-order valence-electron chi connectivity index (χ4n) is 1.16. The summed E-state index contributed by atoms with van der Waals surface area (Å²) >= 11 is 3.49. The highest BCUT2D eigenvalue weighted by atomic mass is 79.9. The molecule has 78 valence electrons. The molecule has 0 fully saturated rings. The van der Waals surface area contributed by atoms with Crippen molar-refractivity contribution in [3.05, 3.63) is 34.3 Å². The molecule has 0 saturated carbocycles. The van der Waals surface area contributed by atoms with Crippen molar-refractivity contribution in [3.8, 4) is 0 Å². The monoisotopic (exact) mass is 257 g/mol. The van der Waals surface area contributed by atoms with E-state index >= 15 is 0 Å². The molecule has 3 heteroatoms. The van der Waals surface area contributed by atoms with Crippen molar-refractivity contribution in [2.75, 3.05) is 13.2 Å². The molecule has 1 rings (SSSR count). The van der Waals surface area contributed by atoms with Crippen molar-refractivity contribution >= 4 is 15.9 Å². The number of aliphatic hydroxyl groups excluding tert-OH is 1. The Morgan fingerprint density at radius 1 is 1.43 bits per heavy atom. The van der Waals surface area contributed by atoms with Crippen LogP contribution in [-0.2, 0) is 6.54 Å². The van der Waals surface area contributed by atoms with Gasteiger partial charge in [0, 0.05) is 24.2 Å². The molecule has 1 atom stereocenters. The number of rotatable bonds is 5. The lowest BCUT2D eigenvalue weighted by Crippen LogP contribution is -2.22. The number of aliphatic hydroxyl groups is 1. The molecule has 0 heterocycles. The van der Waals surface area contributed by atoms with Gasteiger partial charge in [-0.15, -0.1) is 0 Å². The minimum absolute atomic E-state index is 0.239. The number of nitrogens with one attached hydrogen (secondary N) is 1. The average molecular weight is 258 g/mol. The summed E-state index contributed by atoms with van der Waals surface area (Å²) < 4.78 is 1.13. The molecule has 0 aliphatic heterocycles. The number of halogens is 1. The van der Waals surface area contributed by atoms with Crippen LogP contribution in [0.25, 0.3) is 0 Å². The van der Waals surface area contributed by atoms with E-state index in [1.807, 2.05) is 25.1 Å². The molecule has 1 aromatic carbocycles. The molecule has 0 radical (unpaired) electrons. The molecule has 0 bridgehead atoms. The van der Waals surface area contributed by atoms with E-state index in [1.54, 1.807) is 0 Å². The molecule has 2 N–H and O–H groups in total. The third-order valence-corrected chi connectivity index (χ3v) is 2.85. The average Bonchev–Trinajstić information content (AvgIpc) is 2.20. The quantitative estimate of drug-likeness (QED) is 0.848. The van der Waals surface area contributed by atoms with Gasteiger partial charge in [0.1, 0.15) is 0 Å². The highest BCUT2D eigenvalue weighted by Crippen LogP contribution is 2.15. The fraction of sp³-hybridized carbons (Fsp3) is 0.455. The van der Waals surface area contributed by atoms with Crippen LogP contribution in [0, 0.1) is 5.92 Å². The van der Waals surface area contributed by atoms with Gasteiger partial charge in [-0.2, -0.15) is 0 Å². The minimum atomic E-state index is 0.239. The van der Waals surface area contributed by atoms with Gasteiger partial charge in [-0.3, -0.25) is 0 Å². The zero-order valence-corrected chi connectivity index (χ0v) is 9.92. The third-order valence-electron chi connectivity index (χ3n) is 2.08. The zero-order chi connectivity index (χ0) is 10.4. The topological polar surface area (TPSA) is 32.3 Å². The van der Waals surface area contributed by atoms with Crippen LogP contribution in [0.15, 0.2) is 28.7 Å². The molecule has 1 unspecified atom stereocenters. The molecule has 0 aromatic heterocycles. The maximum absolute atomic E-state index is 8.84. The second kappa shape index (κ2) is 6.17. The summed E-state index contributed by atoms with van der Waals surface area (Å²) in [6, 6.07) is 8.15. The summed E-state index contributed by atoms with van der Waals surface area (Å²) in [5.74, 6) is 0.317. The molecule has 0 aliphatic carbocycles. The van der Waals surface area contributed by atoms with Crippen LogP contribution >= 0.6 is 15.9 Å². The number of hydrogen-bond donors (Lipinski definition) is 2. The summed E-state index contributed by atoms with van der Waals surface area (Å²) in [6.07, 6.45) is 0. The van der Waals surface area contributed by atoms with Crippen LogP contribution in [0.5, 0.6) is 0 Å². The maximum Gasteiger partial charge on any atom is 0.0468 e. The zero-order valence-electron chi connectivity index (χ0n) is 8.33. The van der Waals surface area contributed by atoms with E-state index < -0.39 is 0 Å². The lowest BCUT2D eigenvalue weighted by molar-refractivity contribution is 0.233. The fourth-order valence-corrected chi connectivity index (χ4v) is 1.58. The van der Waals surface area contributed by atoms with Gasteiger partial charge in [0.25, 0.3) is 0 Å².